The summed E-state index contributed by atoms with van der Waals surface area (Å²) in [6.45, 7) is 4.57. The van der Waals surface area contributed by atoms with Crippen molar-refractivity contribution >= 4 is 5.97 Å². The first kappa shape index (κ1) is 15.7. The Morgan fingerprint density at radius 2 is 2.17 bits per heavy atom. The van der Waals surface area contributed by atoms with Crippen LogP contribution in [-0.2, 0) is 24.3 Å². The summed E-state index contributed by atoms with van der Waals surface area (Å²) in [5, 5.41) is 13.9. The van der Waals surface area contributed by atoms with Gasteiger partial charge in [-0.15, -0.1) is 0 Å². The van der Waals surface area contributed by atoms with Gasteiger partial charge in [-0.3, -0.25) is 4.84 Å². The molecule has 0 saturated heterocycles. The summed E-state index contributed by atoms with van der Waals surface area (Å²) < 4.78 is 1.75. The zero-order chi connectivity index (χ0) is 16.6. The summed E-state index contributed by atoms with van der Waals surface area (Å²) in [5.41, 5.74) is 3.76. The van der Waals surface area contributed by atoms with Gasteiger partial charge in [0.05, 0.1) is 12.3 Å². The summed E-state index contributed by atoms with van der Waals surface area (Å²) in [7, 11) is 0. The van der Waals surface area contributed by atoms with Crippen molar-refractivity contribution in [1.29, 1.82) is 0 Å². The smallest absolute Gasteiger partial charge is 0.356 e. The average molecular weight is 315 g/mol. The summed E-state index contributed by atoms with van der Waals surface area (Å²) in [5.74, 6) is 4.23. The van der Waals surface area contributed by atoms with Gasteiger partial charge < -0.3 is 5.11 Å². The van der Waals surface area contributed by atoms with Crippen LogP contribution < -0.4 is 5.90 Å². The number of para-hydroxylation sites is 1. The molecular formula is C17H21N3O3. The van der Waals surface area contributed by atoms with Gasteiger partial charge in [-0.25, -0.2) is 15.4 Å². The Balaban J connectivity index is 2.17. The lowest BCUT2D eigenvalue weighted by molar-refractivity contribution is 0.0688. The van der Waals surface area contributed by atoms with Crippen LogP contribution in [0.15, 0.2) is 24.3 Å². The quantitative estimate of drug-likeness (QED) is 0.846. The number of aromatic carboxylic acids is 1. The highest BCUT2D eigenvalue weighted by molar-refractivity contribution is 5.87. The SMILES string of the molecule is CC1(C)CCc2c(c(C(=O)O)nn2-c2ccccc2CON)C1. The molecule has 3 rings (SSSR count). The van der Waals surface area contributed by atoms with E-state index in [4.69, 9.17) is 10.7 Å². The van der Waals surface area contributed by atoms with E-state index in [1.807, 2.05) is 24.3 Å². The topological polar surface area (TPSA) is 90.4 Å². The van der Waals surface area contributed by atoms with E-state index in [0.717, 1.165) is 41.8 Å². The molecule has 6 nitrogen and oxygen atoms in total. The van der Waals surface area contributed by atoms with Crippen LogP contribution in [0, 0.1) is 5.41 Å². The Kier molecular flexibility index (Phi) is 3.95. The van der Waals surface area contributed by atoms with E-state index in [0.29, 0.717) is 0 Å². The van der Waals surface area contributed by atoms with E-state index in [9.17, 15) is 9.90 Å². The van der Waals surface area contributed by atoms with Crippen LogP contribution in [0.25, 0.3) is 5.69 Å². The first-order valence-corrected chi connectivity index (χ1v) is 7.67. The van der Waals surface area contributed by atoms with E-state index in [-0.39, 0.29) is 17.7 Å². The highest BCUT2D eigenvalue weighted by Crippen LogP contribution is 2.37. The van der Waals surface area contributed by atoms with Gasteiger partial charge in [0, 0.05) is 16.8 Å². The molecule has 0 unspecified atom stereocenters. The van der Waals surface area contributed by atoms with Gasteiger partial charge in [-0.2, -0.15) is 5.10 Å². The maximum absolute atomic E-state index is 11.6. The minimum Gasteiger partial charge on any atom is -0.476 e. The lowest BCUT2D eigenvalue weighted by Gasteiger charge is -2.30. The molecule has 1 aliphatic rings. The second kappa shape index (κ2) is 5.79. The second-order valence-corrected chi connectivity index (χ2v) is 6.77. The van der Waals surface area contributed by atoms with E-state index in [1.165, 1.54) is 0 Å². The Bertz CT molecular complexity index is 750. The number of aromatic nitrogens is 2. The number of nitrogens with two attached hydrogens (primary N) is 1. The number of benzene rings is 1. The van der Waals surface area contributed by atoms with Crippen molar-refractivity contribution in [3.05, 3.63) is 46.8 Å². The lowest BCUT2D eigenvalue weighted by atomic mass is 9.76. The Morgan fingerprint density at radius 1 is 1.43 bits per heavy atom. The zero-order valence-electron chi connectivity index (χ0n) is 13.4. The number of carbonyl (C=O) groups is 1. The van der Waals surface area contributed by atoms with E-state index < -0.39 is 5.97 Å². The maximum atomic E-state index is 11.6. The van der Waals surface area contributed by atoms with Crippen LogP contribution in [0.2, 0.25) is 0 Å². The molecule has 1 heterocycles. The normalized spacial score (nSPS) is 16.1. The molecule has 1 aromatic carbocycles. The van der Waals surface area contributed by atoms with E-state index in [2.05, 4.69) is 18.9 Å². The zero-order valence-corrected chi connectivity index (χ0v) is 13.4. The third-order valence-corrected chi connectivity index (χ3v) is 4.44. The Labute approximate surface area is 134 Å². The number of hydrogen-bond acceptors (Lipinski definition) is 4. The Hall–Kier alpha value is -2.18. The number of fused-ring (bicyclic) bond motifs is 1. The fourth-order valence-corrected chi connectivity index (χ4v) is 3.25. The fourth-order valence-electron chi connectivity index (χ4n) is 3.25. The summed E-state index contributed by atoms with van der Waals surface area (Å²) >= 11 is 0. The molecule has 0 radical (unpaired) electrons. The first-order valence-electron chi connectivity index (χ1n) is 7.67. The van der Waals surface area contributed by atoms with E-state index in [1.54, 1.807) is 4.68 Å². The van der Waals surface area contributed by atoms with Crippen molar-refractivity contribution in [2.75, 3.05) is 0 Å². The van der Waals surface area contributed by atoms with Crippen LogP contribution in [0.5, 0.6) is 0 Å². The minimum atomic E-state index is -0.981. The fraction of sp³-hybridized carbons (Fsp3) is 0.412. The predicted octanol–water partition coefficient (Wildman–Crippen LogP) is 2.48. The highest BCUT2D eigenvalue weighted by Gasteiger charge is 2.33. The first-order chi connectivity index (χ1) is 10.9. The van der Waals surface area contributed by atoms with Gasteiger partial charge in [0.25, 0.3) is 0 Å². The van der Waals surface area contributed by atoms with Gasteiger partial charge in [0.2, 0.25) is 0 Å². The van der Waals surface area contributed by atoms with E-state index >= 15 is 0 Å². The maximum Gasteiger partial charge on any atom is 0.356 e. The summed E-state index contributed by atoms with van der Waals surface area (Å²) in [4.78, 5) is 16.4. The molecular weight excluding hydrogens is 294 g/mol. The molecule has 0 atom stereocenters. The summed E-state index contributed by atoms with van der Waals surface area (Å²) in [6.07, 6.45) is 2.53. The molecule has 0 amide bonds. The van der Waals surface area contributed by atoms with Gasteiger partial charge in [0.15, 0.2) is 5.69 Å². The van der Waals surface area contributed by atoms with Gasteiger partial charge in [-0.05, 0) is 30.7 Å². The Morgan fingerprint density at radius 3 is 2.87 bits per heavy atom. The van der Waals surface area contributed by atoms with Crippen molar-refractivity contribution in [3.63, 3.8) is 0 Å². The number of carboxylic acids is 1. The largest absolute Gasteiger partial charge is 0.476 e. The van der Waals surface area contributed by atoms with Crippen LogP contribution in [0.4, 0.5) is 0 Å². The predicted molar refractivity (Wildman–Crippen MR) is 85.3 cm³/mol. The number of rotatable bonds is 4. The molecule has 0 spiro atoms. The molecule has 1 aliphatic carbocycles. The van der Waals surface area contributed by atoms with Gasteiger partial charge in [-0.1, -0.05) is 32.0 Å². The van der Waals surface area contributed by atoms with Crippen LogP contribution in [0.3, 0.4) is 0 Å². The van der Waals surface area contributed by atoms with Crippen molar-refractivity contribution < 1.29 is 14.7 Å². The van der Waals surface area contributed by atoms with Crippen molar-refractivity contribution in [3.8, 4) is 5.69 Å². The second-order valence-electron chi connectivity index (χ2n) is 6.77. The van der Waals surface area contributed by atoms with Crippen LogP contribution in [0.1, 0.15) is 47.6 Å². The molecule has 0 fully saturated rings. The van der Waals surface area contributed by atoms with Gasteiger partial charge >= 0.3 is 5.97 Å². The monoisotopic (exact) mass is 315 g/mol. The third kappa shape index (κ3) is 2.87. The molecule has 3 N–H and O–H groups in total. The van der Waals surface area contributed by atoms with Crippen molar-refractivity contribution in [2.24, 2.45) is 11.3 Å². The van der Waals surface area contributed by atoms with Crippen molar-refractivity contribution in [2.45, 2.75) is 39.7 Å². The number of carboxylic acid groups (broad SMARTS) is 1. The average Bonchev–Trinajstić information content (AvgIpc) is 2.85. The standard InChI is InChI=1S/C17H21N3O3/c1-17(2)8-7-14-12(9-17)15(16(21)22)19-20(14)13-6-4-3-5-11(13)10-23-18/h3-6H,7-10,18H2,1-2H3,(H,21,22). The van der Waals surface area contributed by atoms with Crippen LogP contribution in [-0.4, -0.2) is 20.9 Å². The third-order valence-electron chi connectivity index (χ3n) is 4.44. The number of hydrogen-bond donors (Lipinski definition) is 2. The molecule has 122 valence electrons. The molecule has 6 heteroatoms. The highest BCUT2D eigenvalue weighted by atomic mass is 16.6. The molecule has 1 aromatic heterocycles. The molecule has 0 saturated carbocycles. The van der Waals surface area contributed by atoms with Crippen LogP contribution >= 0.6 is 0 Å². The molecule has 0 aliphatic heterocycles. The molecule has 23 heavy (non-hydrogen) atoms. The number of nitrogens with zero attached hydrogens (tertiary/aromatic N) is 2. The van der Waals surface area contributed by atoms with Crippen molar-refractivity contribution in [1.82, 2.24) is 9.78 Å². The molecule has 2 aromatic rings. The lowest BCUT2D eigenvalue weighted by Crippen LogP contribution is -2.24. The summed E-state index contributed by atoms with van der Waals surface area (Å²) in [6, 6.07) is 7.61. The van der Waals surface area contributed by atoms with Gasteiger partial charge in [0.1, 0.15) is 0 Å². The molecule has 0 bridgehead atoms. The minimum absolute atomic E-state index is 0.0882.